The van der Waals surface area contributed by atoms with Gasteiger partial charge in [0.1, 0.15) is 0 Å². The van der Waals surface area contributed by atoms with Crippen molar-refractivity contribution in [3.05, 3.63) is 34.4 Å². The Morgan fingerprint density at radius 3 is 2.81 bits per heavy atom. The Balaban J connectivity index is 2.51. The highest BCUT2D eigenvalue weighted by Crippen LogP contribution is 2.28. The fraction of sp³-hybridized carbons (Fsp3) is 0.250. The van der Waals surface area contributed by atoms with Crippen molar-refractivity contribution in [1.82, 2.24) is 4.57 Å². The Bertz CT molecular complexity index is 545. The molecule has 0 saturated carbocycles. The highest BCUT2D eigenvalue weighted by atomic mass is 35.5. The topological polar surface area (TPSA) is 22.0 Å². The Morgan fingerprint density at radius 1 is 1.38 bits per heavy atom. The van der Waals surface area contributed by atoms with Crippen molar-refractivity contribution in [3.8, 4) is 0 Å². The van der Waals surface area contributed by atoms with E-state index >= 15 is 0 Å². The number of halogens is 2. The highest BCUT2D eigenvalue weighted by molar-refractivity contribution is 6.38. The molecule has 0 aliphatic heterocycles. The Labute approximate surface area is 104 Å². The van der Waals surface area contributed by atoms with Crippen LogP contribution in [0.3, 0.4) is 0 Å². The second kappa shape index (κ2) is 4.48. The van der Waals surface area contributed by atoms with Crippen LogP contribution in [0.2, 0.25) is 10.0 Å². The van der Waals surface area contributed by atoms with Crippen molar-refractivity contribution in [2.75, 3.05) is 0 Å². The number of nitrogens with zero attached hydrogens (tertiary/aromatic N) is 1. The molecule has 0 unspecified atom stereocenters. The molecule has 0 spiro atoms. The van der Waals surface area contributed by atoms with Gasteiger partial charge in [-0.2, -0.15) is 0 Å². The van der Waals surface area contributed by atoms with Crippen LogP contribution in [0.25, 0.3) is 10.9 Å². The summed E-state index contributed by atoms with van der Waals surface area (Å²) in [5.41, 5.74) is 0.902. The van der Waals surface area contributed by atoms with Crippen molar-refractivity contribution in [3.63, 3.8) is 0 Å². The van der Waals surface area contributed by atoms with Crippen molar-refractivity contribution >= 4 is 39.9 Å². The Morgan fingerprint density at radius 2 is 2.12 bits per heavy atom. The quantitative estimate of drug-likeness (QED) is 0.815. The zero-order valence-corrected chi connectivity index (χ0v) is 10.3. The third-order valence-corrected chi connectivity index (χ3v) is 3.08. The van der Waals surface area contributed by atoms with E-state index in [1.54, 1.807) is 6.07 Å². The lowest BCUT2D eigenvalue weighted by atomic mass is 10.2. The van der Waals surface area contributed by atoms with Crippen LogP contribution < -0.4 is 0 Å². The molecule has 1 aromatic heterocycles. The fourth-order valence-electron chi connectivity index (χ4n) is 1.66. The predicted octanol–water partition coefficient (Wildman–Crippen LogP) is 3.93. The van der Waals surface area contributed by atoms with Crippen molar-refractivity contribution in [1.29, 1.82) is 0 Å². The van der Waals surface area contributed by atoms with Crippen LogP contribution in [0.4, 0.5) is 0 Å². The maximum absolute atomic E-state index is 11.4. The smallest absolute Gasteiger partial charge is 0.152 e. The number of carbonyl (C=O) groups excluding carboxylic acids is 1. The van der Waals surface area contributed by atoms with Gasteiger partial charge in [-0.25, -0.2) is 0 Å². The summed E-state index contributed by atoms with van der Waals surface area (Å²) in [7, 11) is 0. The van der Waals surface area contributed by atoms with Crippen LogP contribution in [0.15, 0.2) is 24.4 Å². The minimum atomic E-state index is 0.189. The summed E-state index contributed by atoms with van der Waals surface area (Å²) in [6.07, 6.45) is 2.40. The number of ketones is 1. The summed E-state index contributed by atoms with van der Waals surface area (Å²) in [6, 6.07) is 5.43. The maximum atomic E-state index is 11.4. The largest absolute Gasteiger partial charge is 0.340 e. The van der Waals surface area contributed by atoms with E-state index in [2.05, 4.69) is 0 Å². The van der Waals surface area contributed by atoms with Crippen LogP contribution >= 0.6 is 23.2 Å². The number of hydrogen-bond donors (Lipinski definition) is 0. The molecule has 84 valence electrons. The number of Topliss-reactive ketones (excluding diaryl/α,β-unsaturated/α-hetero) is 1. The van der Waals surface area contributed by atoms with E-state index in [4.69, 9.17) is 23.2 Å². The number of rotatable bonds is 3. The fourth-order valence-corrected chi connectivity index (χ4v) is 2.20. The van der Waals surface area contributed by atoms with Crippen LogP contribution in [0.5, 0.6) is 0 Å². The number of hydrogen-bond acceptors (Lipinski definition) is 1. The molecular formula is C12H11Cl2NO. The molecule has 0 fully saturated rings. The zero-order chi connectivity index (χ0) is 11.7. The van der Waals surface area contributed by atoms with Gasteiger partial charge in [-0.15, -0.1) is 0 Å². The number of aromatic nitrogens is 1. The van der Waals surface area contributed by atoms with E-state index in [0.29, 0.717) is 23.0 Å². The normalized spacial score (nSPS) is 10.9. The van der Waals surface area contributed by atoms with Gasteiger partial charge in [0.15, 0.2) is 5.78 Å². The van der Waals surface area contributed by atoms with Gasteiger partial charge in [0, 0.05) is 23.0 Å². The molecule has 0 amide bonds. The summed E-state index contributed by atoms with van der Waals surface area (Å²) >= 11 is 12.0. The third-order valence-electron chi connectivity index (χ3n) is 2.54. The lowest BCUT2D eigenvalue weighted by Gasteiger charge is -2.04. The van der Waals surface area contributed by atoms with Crippen LogP contribution in [0, 0.1) is 0 Å². The third kappa shape index (κ3) is 2.08. The molecule has 1 aromatic carbocycles. The Kier molecular flexibility index (Phi) is 3.22. The molecule has 0 bridgehead atoms. The number of benzene rings is 1. The van der Waals surface area contributed by atoms with Gasteiger partial charge in [0.25, 0.3) is 0 Å². The first-order valence-electron chi connectivity index (χ1n) is 5.07. The van der Waals surface area contributed by atoms with E-state index in [1.807, 2.05) is 29.8 Å². The SMILES string of the molecule is CCC(=O)Cn1ccc2c(Cl)cc(Cl)cc21. The molecule has 0 saturated heterocycles. The minimum Gasteiger partial charge on any atom is -0.340 e. The molecule has 4 heteroatoms. The average molecular weight is 256 g/mol. The van der Waals surface area contributed by atoms with Gasteiger partial charge in [0.05, 0.1) is 17.1 Å². The summed E-state index contributed by atoms with van der Waals surface area (Å²) in [6.45, 7) is 2.23. The molecule has 0 aliphatic carbocycles. The monoisotopic (exact) mass is 255 g/mol. The molecule has 16 heavy (non-hydrogen) atoms. The lowest BCUT2D eigenvalue weighted by Crippen LogP contribution is -2.07. The lowest BCUT2D eigenvalue weighted by molar-refractivity contribution is -0.119. The molecule has 2 nitrogen and oxygen atoms in total. The molecule has 0 radical (unpaired) electrons. The zero-order valence-electron chi connectivity index (χ0n) is 8.84. The first-order chi connectivity index (χ1) is 7.61. The van der Waals surface area contributed by atoms with Crippen LogP contribution in [-0.2, 0) is 11.3 Å². The first-order valence-corrected chi connectivity index (χ1v) is 5.83. The molecule has 2 rings (SSSR count). The maximum Gasteiger partial charge on any atom is 0.152 e. The molecule has 2 aromatic rings. The van der Waals surface area contributed by atoms with E-state index < -0.39 is 0 Å². The van der Waals surface area contributed by atoms with E-state index in [-0.39, 0.29) is 5.78 Å². The summed E-state index contributed by atoms with van der Waals surface area (Å²) in [4.78, 5) is 11.4. The molecule has 1 heterocycles. The van der Waals surface area contributed by atoms with Crippen LogP contribution in [0.1, 0.15) is 13.3 Å². The second-order valence-corrected chi connectivity index (χ2v) is 4.50. The standard InChI is InChI=1S/C12H11Cl2NO/c1-2-9(16)7-15-4-3-10-11(14)5-8(13)6-12(10)15/h3-6H,2,7H2,1H3. The van der Waals surface area contributed by atoms with E-state index in [9.17, 15) is 4.79 Å². The average Bonchev–Trinajstić information content (AvgIpc) is 2.61. The minimum absolute atomic E-state index is 0.189. The Hall–Kier alpha value is -0.990. The van der Waals surface area contributed by atoms with Crippen molar-refractivity contribution < 1.29 is 4.79 Å². The summed E-state index contributed by atoms with van der Waals surface area (Å²) in [5, 5.41) is 2.13. The van der Waals surface area contributed by atoms with E-state index in [0.717, 1.165) is 10.9 Å². The van der Waals surface area contributed by atoms with Gasteiger partial charge in [-0.1, -0.05) is 30.1 Å². The summed E-state index contributed by atoms with van der Waals surface area (Å²) in [5.74, 6) is 0.189. The van der Waals surface area contributed by atoms with Gasteiger partial charge < -0.3 is 4.57 Å². The van der Waals surface area contributed by atoms with Gasteiger partial charge >= 0.3 is 0 Å². The highest BCUT2D eigenvalue weighted by Gasteiger charge is 2.08. The van der Waals surface area contributed by atoms with Crippen molar-refractivity contribution in [2.24, 2.45) is 0 Å². The van der Waals surface area contributed by atoms with Crippen molar-refractivity contribution in [2.45, 2.75) is 19.9 Å². The number of fused-ring (bicyclic) bond motifs is 1. The summed E-state index contributed by atoms with van der Waals surface area (Å²) < 4.78 is 1.87. The molecule has 0 atom stereocenters. The predicted molar refractivity (Wildman–Crippen MR) is 67.3 cm³/mol. The van der Waals surface area contributed by atoms with Crippen LogP contribution in [-0.4, -0.2) is 10.4 Å². The first kappa shape index (κ1) is 11.5. The van der Waals surface area contributed by atoms with Gasteiger partial charge in [-0.05, 0) is 18.2 Å². The second-order valence-electron chi connectivity index (χ2n) is 3.66. The molecule has 0 aliphatic rings. The number of carbonyl (C=O) groups is 1. The van der Waals surface area contributed by atoms with E-state index in [1.165, 1.54) is 0 Å². The van der Waals surface area contributed by atoms with Gasteiger partial charge in [-0.3, -0.25) is 4.79 Å². The molecular weight excluding hydrogens is 245 g/mol. The van der Waals surface area contributed by atoms with Gasteiger partial charge in [0.2, 0.25) is 0 Å². The molecule has 0 N–H and O–H groups in total.